The van der Waals surface area contributed by atoms with Crippen molar-refractivity contribution in [1.82, 2.24) is 34.8 Å². The lowest BCUT2D eigenvalue weighted by Gasteiger charge is -2.40. The molecule has 0 aromatic rings. The average molecular weight is 844 g/mol. The number of likely N-dealkylation sites (tertiary alicyclic amines) is 2. The molecule has 5 amide bonds. The van der Waals surface area contributed by atoms with Gasteiger partial charge in [-0.25, -0.2) is 8.51 Å². The molecule has 14 nitrogen and oxygen atoms in total. The summed E-state index contributed by atoms with van der Waals surface area (Å²) in [6.45, 7) is 25.3. The van der Waals surface area contributed by atoms with Gasteiger partial charge in [0, 0.05) is 36.5 Å². The molecule has 3 heterocycles. The third-order valence-electron chi connectivity index (χ3n) is 15.7. The highest BCUT2D eigenvalue weighted by Gasteiger charge is 2.85. The smallest absolute Gasteiger partial charge is 0.259 e. The fourth-order valence-electron chi connectivity index (χ4n) is 11.6. The summed E-state index contributed by atoms with van der Waals surface area (Å²) in [7, 11) is 0. The van der Waals surface area contributed by atoms with Crippen molar-refractivity contribution >= 4 is 40.7 Å². The second-order valence-corrected chi connectivity index (χ2v) is 22.8. The van der Waals surface area contributed by atoms with Gasteiger partial charge in [0.15, 0.2) is 11.2 Å². The van der Waals surface area contributed by atoms with E-state index < -0.39 is 69.3 Å². The summed E-state index contributed by atoms with van der Waals surface area (Å²) in [5, 5.41) is 19.0. The Balaban J connectivity index is 1.26. The van der Waals surface area contributed by atoms with Gasteiger partial charge in [0.25, 0.3) is 5.91 Å². The van der Waals surface area contributed by atoms with Crippen molar-refractivity contribution in [1.29, 1.82) is 0 Å². The van der Waals surface area contributed by atoms with Crippen LogP contribution in [-0.2, 0) is 35.1 Å². The largest absolute Gasteiger partial charge is 0.395 e. The van der Waals surface area contributed by atoms with Crippen LogP contribution in [0.15, 0.2) is 12.7 Å². The summed E-state index contributed by atoms with van der Waals surface area (Å²) < 4.78 is 17.5. The Bertz CT molecular complexity index is 1720. The van der Waals surface area contributed by atoms with Crippen LogP contribution in [0.3, 0.4) is 0 Å². The molecule has 0 radical (unpaired) electrons. The van der Waals surface area contributed by atoms with E-state index in [0.717, 1.165) is 45.1 Å². The number of piperidine rings is 1. The summed E-state index contributed by atoms with van der Waals surface area (Å²) >= 11 is -1.91. The highest BCUT2D eigenvalue weighted by Crippen LogP contribution is 2.88. The quantitative estimate of drug-likeness (QED) is 0.175. The first-order chi connectivity index (χ1) is 27.4. The predicted octanol–water partition coefficient (Wildman–Crippen LogP) is 3.32. The van der Waals surface area contributed by atoms with E-state index in [4.69, 9.17) is 0 Å². The fraction of sp³-hybridized carbons (Fsp3) is 0.841. The van der Waals surface area contributed by atoms with Crippen LogP contribution in [0.5, 0.6) is 0 Å². The van der Waals surface area contributed by atoms with Gasteiger partial charge in [0.2, 0.25) is 23.6 Å². The summed E-state index contributed by atoms with van der Waals surface area (Å²) in [5.74, 6) is -2.49. The Morgan fingerprint density at radius 3 is 2.03 bits per heavy atom. The molecule has 0 aromatic heterocycles. The molecule has 3 saturated carbocycles. The molecule has 3 aliphatic heterocycles. The number of fused-ring (bicyclic) bond motifs is 1. The van der Waals surface area contributed by atoms with E-state index >= 15 is 4.79 Å². The molecule has 6 aliphatic rings. The Labute approximate surface area is 354 Å². The minimum absolute atomic E-state index is 0.00714. The molecule has 15 heteroatoms. The zero-order valence-electron chi connectivity index (χ0n) is 37.4. The SMILES string of the molecule is C=CC1CC1(NC(=O)C1CC2(CN1C(=O)C(NC(=O)C(NC(=O)C1CCCCN1C(C)C)C(C)(C)C)C(C)(C)C)C(C)(C)C21CCC1)C(=O)NS(=O)N1CCCC1CO. The van der Waals surface area contributed by atoms with Crippen molar-refractivity contribution in [2.24, 2.45) is 33.0 Å². The summed E-state index contributed by atoms with van der Waals surface area (Å²) in [6, 6.07) is -3.40. The topological polar surface area (TPSA) is 180 Å². The van der Waals surface area contributed by atoms with Crippen LogP contribution in [0.25, 0.3) is 0 Å². The normalized spacial score (nSPS) is 32.8. The summed E-state index contributed by atoms with van der Waals surface area (Å²) in [6.07, 6.45) is 9.49. The number of nitrogens with zero attached hydrogens (tertiary/aromatic N) is 3. The average Bonchev–Trinajstić information content (AvgIpc) is 3.65. The molecule has 0 aromatic carbocycles. The van der Waals surface area contributed by atoms with Crippen LogP contribution in [-0.4, -0.2) is 121 Å². The third-order valence-corrected chi connectivity index (χ3v) is 17.0. The monoisotopic (exact) mass is 844 g/mol. The molecule has 9 unspecified atom stereocenters. The number of rotatable bonds is 13. The molecule has 6 fully saturated rings. The van der Waals surface area contributed by atoms with E-state index in [2.05, 4.69) is 59.8 Å². The maximum Gasteiger partial charge on any atom is 0.259 e. The van der Waals surface area contributed by atoms with Crippen LogP contribution in [0.2, 0.25) is 0 Å². The van der Waals surface area contributed by atoms with Gasteiger partial charge < -0.3 is 26.0 Å². The van der Waals surface area contributed by atoms with Crippen LogP contribution in [0, 0.1) is 33.0 Å². The molecular formula is C44H73N7O7S. The minimum Gasteiger partial charge on any atom is -0.395 e. The number of carbonyl (C=O) groups is 5. The van der Waals surface area contributed by atoms with Crippen LogP contribution in [0.1, 0.15) is 133 Å². The Morgan fingerprint density at radius 1 is 0.847 bits per heavy atom. The zero-order valence-corrected chi connectivity index (χ0v) is 38.2. The highest BCUT2D eigenvalue weighted by atomic mass is 32.2. The van der Waals surface area contributed by atoms with Gasteiger partial charge >= 0.3 is 0 Å². The van der Waals surface area contributed by atoms with Gasteiger partial charge in [-0.2, -0.15) is 0 Å². The highest BCUT2D eigenvalue weighted by molar-refractivity contribution is 7.81. The number of nitrogens with one attached hydrogen (secondary N) is 4. The van der Waals surface area contributed by atoms with Crippen molar-refractivity contribution < 1.29 is 33.3 Å². The number of carbonyl (C=O) groups excluding carboxylic acids is 5. The second-order valence-electron chi connectivity index (χ2n) is 21.6. The van der Waals surface area contributed by atoms with Gasteiger partial charge in [0.05, 0.1) is 12.6 Å². The van der Waals surface area contributed by atoms with E-state index in [9.17, 15) is 28.5 Å². The predicted molar refractivity (Wildman–Crippen MR) is 227 cm³/mol. The first kappa shape index (κ1) is 45.6. The molecule has 0 bridgehead atoms. The molecule has 6 rings (SSSR count). The molecule has 9 atom stereocenters. The van der Waals surface area contributed by atoms with E-state index in [-0.39, 0.29) is 59.2 Å². The molecule has 5 N–H and O–H groups in total. The van der Waals surface area contributed by atoms with E-state index in [1.807, 2.05) is 41.5 Å². The zero-order chi connectivity index (χ0) is 43.7. The lowest BCUT2D eigenvalue weighted by Crippen LogP contribution is -2.64. The first-order valence-electron chi connectivity index (χ1n) is 22.1. The first-order valence-corrected chi connectivity index (χ1v) is 23.3. The second kappa shape index (κ2) is 16.1. The molecule has 59 heavy (non-hydrogen) atoms. The lowest BCUT2D eigenvalue weighted by atomic mass is 9.73. The van der Waals surface area contributed by atoms with E-state index in [0.29, 0.717) is 32.4 Å². The van der Waals surface area contributed by atoms with Crippen LogP contribution in [0.4, 0.5) is 0 Å². The molecule has 2 spiro atoms. The van der Waals surface area contributed by atoms with Crippen molar-refractivity contribution in [3.8, 4) is 0 Å². The molecule has 332 valence electrons. The lowest BCUT2D eigenvalue weighted by molar-refractivity contribution is -0.145. The summed E-state index contributed by atoms with van der Waals surface area (Å²) in [4.78, 5) is 76.2. The molecule has 3 saturated heterocycles. The maximum atomic E-state index is 15.2. The van der Waals surface area contributed by atoms with Crippen LogP contribution < -0.4 is 20.7 Å². The number of amides is 5. The number of aliphatic hydroxyl groups is 1. The van der Waals surface area contributed by atoms with Crippen molar-refractivity contribution in [3.63, 3.8) is 0 Å². The fourth-order valence-corrected chi connectivity index (χ4v) is 12.8. The number of hydrogen-bond donors (Lipinski definition) is 5. The maximum absolute atomic E-state index is 15.2. The Hall–Kier alpha value is -2.88. The Kier molecular flexibility index (Phi) is 12.5. The molecule has 3 aliphatic carbocycles. The van der Waals surface area contributed by atoms with Gasteiger partial charge in [0.1, 0.15) is 23.7 Å². The van der Waals surface area contributed by atoms with Gasteiger partial charge in [-0.15, -0.1) is 6.58 Å². The standard InChI is InChI=1S/C44H73N7O7S/c1-12-28-23-44(28,38(57)48-59(58)51-22-15-17-29(51)25-52)47-35(54)31-24-43(41(10,11)42(43)19-16-20-42)26-50(31)37(56)33(40(7,8)9)46-36(55)32(39(4,5)6)45-34(53)30-18-13-14-21-49(30)27(2)3/h12,27-33,52H,1,13-26H2,2-11H3,(H,45,53)(H,46,55)(H,47,54)(H,48,57). The van der Waals surface area contributed by atoms with Gasteiger partial charge in [-0.05, 0) is 93.4 Å². The van der Waals surface area contributed by atoms with Gasteiger partial charge in [-0.1, -0.05) is 74.3 Å². The van der Waals surface area contributed by atoms with E-state index in [1.54, 1.807) is 15.3 Å². The number of hydrogen-bond acceptors (Lipinski definition) is 8. The Morgan fingerprint density at radius 2 is 1.51 bits per heavy atom. The van der Waals surface area contributed by atoms with Crippen molar-refractivity contribution in [2.45, 2.75) is 175 Å². The minimum atomic E-state index is -1.91. The van der Waals surface area contributed by atoms with Crippen molar-refractivity contribution in [3.05, 3.63) is 12.7 Å². The van der Waals surface area contributed by atoms with Gasteiger partial charge in [-0.3, -0.25) is 33.6 Å². The third kappa shape index (κ3) is 7.81. The van der Waals surface area contributed by atoms with Crippen LogP contribution >= 0.6 is 0 Å². The molecular weight excluding hydrogens is 771 g/mol. The van der Waals surface area contributed by atoms with E-state index in [1.165, 1.54) is 0 Å². The number of aliphatic hydroxyl groups excluding tert-OH is 1. The van der Waals surface area contributed by atoms with Crippen molar-refractivity contribution in [2.75, 3.05) is 26.2 Å². The summed E-state index contributed by atoms with van der Waals surface area (Å²) in [5.41, 5.74) is -3.31.